The molecule has 11 heteroatoms. The number of likely N-dealkylation sites (N-methyl/N-ethyl adjacent to an activating group) is 1. The van der Waals surface area contributed by atoms with Crippen molar-refractivity contribution in [1.29, 1.82) is 0 Å². The molecule has 0 aliphatic carbocycles. The lowest BCUT2D eigenvalue weighted by Crippen LogP contribution is -2.35. The lowest BCUT2D eigenvalue weighted by atomic mass is 10.1. The van der Waals surface area contributed by atoms with Gasteiger partial charge in [0.05, 0.1) is 29.9 Å². The maximum absolute atomic E-state index is 13.1. The van der Waals surface area contributed by atoms with Crippen molar-refractivity contribution in [2.45, 2.75) is 4.90 Å². The molecule has 0 saturated carbocycles. The van der Waals surface area contributed by atoms with Gasteiger partial charge in [-0.05, 0) is 42.5 Å². The number of thiazole rings is 1. The highest BCUT2D eigenvalue weighted by Gasteiger charge is 2.23. The fourth-order valence-corrected chi connectivity index (χ4v) is 4.56. The van der Waals surface area contributed by atoms with Gasteiger partial charge in [0.1, 0.15) is 11.6 Å². The average molecular weight is 465 g/mol. The summed E-state index contributed by atoms with van der Waals surface area (Å²) in [6, 6.07) is 9.62. The number of hydrogen-bond donors (Lipinski definition) is 2. The predicted octanol–water partition coefficient (Wildman–Crippen LogP) is 3.26. The van der Waals surface area contributed by atoms with Crippen molar-refractivity contribution in [2.75, 3.05) is 38.4 Å². The van der Waals surface area contributed by atoms with Gasteiger partial charge in [0.25, 0.3) is 0 Å². The van der Waals surface area contributed by atoms with Crippen molar-refractivity contribution < 1.29 is 22.3 Å². The summed E-state index contributed by atoms with van der Waals surface area (Å²) in [4.78, 5) is 16.9. The Morgan fingerprint density at radius 3 is 2.55 bits per heavy atom. The van der Waals surface area contributed by atoms with Crippen molar-refractivity contribution >= 4 is 38.1 Å². The highest BCUT2D eigenvalue weighted by Crippen LogP contribution is 2.32. The van der Waals surface area contributed by atoms with Gasteiger partial charge >= 0.3 is 0 Å². The minimum atomic E-state index is -3.95. The van der Waals surface area contributed by atoms with Crippen LogP contribution in [0.2, 0.25) is 0 Å². The number of amides is 1. The summed E-state index contributed by atoms with van der Waals surface area (Å²) in [5, 5.41) is 8.29. The molecule has 0 bridgehead atoms. The van der Waals surface area contributed by atoms with Crippen LogP contribution < -0.4 is 15.4 Å². The Labute approximate surface area is 183 Å². The van der Waals surface area contributed by atoms with Crippen LogP contribution in [-0.4, -0.2) is 51.4 Å². The van der Waals surface area contributed by atoms with Gasteiger partial charge < -0.3 is 15.4 Å². The minimum Gasteiger partial charge on any atom is -0.495 e. The molecule has 0 radical (unpaired) electrons. The van der Waals surface area contributed by atoms with E-state index in [1.54, 1.807) is 19.2 Å². The second-order valence-electron chi connectivity index (χ2n) is 6.47. The van der Waals surface area contributed by atoms with E-state index in [4.69, 9.17) is 4.74 Å². The Kier molecular flexibility index (Phi) is 6.88. The van der Waals surface area contributed by atoms with Gasteiger partial charge in [0, 0.05) is 25.0 Å². The summed E-state index contributed by atoms with van der Waals surface area (Å²) in [5.41, 5.74) is 1.88. The Balaban J connectivity index is 1.77. The molecule has 0 spiro atoms. The molecule has 0 atom stereocenters. The molecule has 1 heterocycles. The normalized spacial score (nSPS) is 11.4. The van der Waals surface area contributed by atoms with Gasteiger partial charge in [0.15, 0.2) is 5.13 Å². The predicted molar refractivity (Wildman–Crippen MR) is 118 cm³/mol. The number of ether oxygens (including phenoxy) is 1. The van der Waals surface area contributed by atoms with Crippen molar-refractivity contribution in [2.24, 2.45) is 0 Å². The first-order valence-corrected chi connectivity index (χ1v) is 11.4. The molecule has 2 N–H and O–H groups in total. The molecule has 0 fully saturated rings. The van der Waals surface area contributed by atoms with E-state index in [0.717, 1.165) is 45.0 Å². The molecule has 3 rings (SSSR count). The zero-order chi connectivity index (χ0) is 22.6. The number of benzene rings is 2. The van der Waals surface area contributed by atoms with Crippen molar-refractivity contribution in [3.05, 3.63) is 53.7 Å². The second-order valence-corrected chi connectivity index (χ2v) is 9.37. The first-order chi connectivity index (χ1) is 14.7. The number of anilines is 2. The van der Waals surface area contributed by atoms with Crippen LogP contribution in [0, 0.1) is 5.82 Å². The molecule has 8 nitrogen and oxygen atoms in total. The van der Waals surface area contributed by atoms with Gasteiger partial charge in [-0.25, -0.2) is 17.8 Å². The average Bonchev–Trinajstić information content (AvgIpc) is 3.23. The van der Waals surface area contributed by atoms with Crippen LogP contribution in [-0.2, 0) is 14.8 Å². The Hall–Kier alpha value is -3.02. The van der Waals surface area contributed by atoms with Gasteiger partial charge in [-0.3, -0.25) is 4.79 Å². The SMILES string of the molecule is CNc1nc(-c2ccc(OC)c(NC(=O)CN(C)S(=O)(=O)c3ccc(F)cc3)c2)cs1. The molecule has 0 unspecified atom stereocenters. The van der Waals surface area contributed by atoms with Gasteiger partial charge in [-0.2, -0.15) is 4.31 Å². The standard InChI is InChI=1S/C20H21FN4O4S2/c1-22-20-24-17(12-30-20)13-4-9-18(29-3)16(10-13)23-19(26)11-25(2)31(27,28)15-7-5-14(21)6-8-15/h4-10,12H,11H2,1-3H3,(H,22,24)(H,23,26). The molecule has 0 saturated heterocycles. The van der Waals surface area contributed by atoms with Gasteiger partial charge in [-0.1, -0.05) is 0 Å². The lowest BCUT2D eigenvalue weighted by molar-refractivity contribution is -0.116. The van der Waals surface area contributed by atoms with Crippen LogP contribution in [0.25, 0.3) is 11.3 Å². The monoisotopic (exact) mass is 464 g/mol. The van der Waals surface area contributed by atoms with Crippen molar-refractivity contribution in [3.8, 4) is 17.0 Å². The third kappa shape index (κ3) is 5.19. The molecule has 3 aromatic rings. The highest BCUT2D eigenvalue weighted by molar-refractivity contribution is 7.89. The zero-order valence-electron chi connectivity index (χ0n) is 17.0. The number of halogens is 1. The van der Waals surface area contributed by atoms with Crippen LogP contribution in [0.5, 0.6) is 5.75 Å². The number of sulfonamides is 1. The summed E-state index contributed by atoms with van der Waals surface area (Å²) in [6.45, 7) is -0.437. The summed E-state index contributed by atoms with van der Waals surface area (Å²) in [7, 11) is 0.574. The first-order valence-electron chi connectivity index (χ1n) is 9.08. The highest BCUT2D eigenvalue weighted by atomic mass is 32.2. The Morgan fingerprint density at radius 1 is 1.23 bits per heavy atom. The molecular weight excluding hydrogens is 443 g/mol. The minimum absolute atomic E-state index is 0.104. The lowest BCUT2D eigenvalue weighted by Gasteiger charge is -2.18. The van der Waals surface area contributed by atoms with Crippen LogP contribution in [0.15, 0.2) is 52.7 Å². The molecule has 164 valence electrons. The topological polar surface area (TPSA) is 101 Å². The van der Waals surface area contributed by atoms with E-state index in [1.807, 2.05) is 11.4 Å². The van der Waals surface area contributed by atoms with Crippen LogP contribution in [0.1, 0.15) is 0 Å². The maximum atomic E-state index is 13.1. The third-order valence-electron chi connectivity index (χ3n) is 4.38. The Morgan fingerprint density at radius 2 is 1.94 bits per heavy atom. The van der Waals surface area contributed by atoms with E-state index in [9.17, 15) is 17.6 Å². The summed E-state index contributed by atoms with van der Waals surface area (Å²) in [5.74, 6) is -0.684. The maximum Gasteiger partial charge on any atom is 0.243 e. The first kappa shape index (κ1) is 22.7. The summed E-state index contributed by atoms with van der Waals surface area (Å²) < 4.78 is 44.5. The molecule has 2 aromatic carbocycles. The van der Waals surface area contributed by atoms with Crippen LogP contribution in [0.3, 0.4) is 0 Å². The number of methoxy groups -OCH3 is 1. The zero-order valence-corrected chi connectivity index (χ0v) is 18.7. The number of carbonyl (C=O) groups excluding carboxylic acids is 1. The molecule has 31 heavy (non-hydrogen) atoms. The van der Waals surface area contributed by atoms with E-state index < -0.39 is 28.3 Å². The van der Waals surface area contributed by atoms with Gasteiger partial charge in [-0.15, -0.1) is 11.3 Å². The number of nitrogens with zero attached hydrogens (tertiary/aromatic N) is 2. The van der Waals surface area contributed by atoms with E-state index >= 15 is 0 Å². The summed E-state index contributed by atoms with van der Waals surface area (Å²) >= 11 is 1.45. The van der Waals surface area contributed by atoms with Crippen molar-refractivity contribution in [1.82, 2.24) is 9.29 Å². The largest absolute Gasteiger partial charge is 0.495 e. The smallest absolute Gasteiger partial charge is 0.243 e. The molecular formula is C20H21FN4O4S2. The van der Waals surface area contributed by atoms with Crippen LogP contribution in [0.4, 0.5) is 15.2 Å². The number of rotatable bonds is 8. The van der Waals surface area contributed by atoms with E-state index in [-0.39, 0.29) is 4.90 Å². The molecule has 1 aromatic heterocycles. The van der Waals surface area contributed by atoms with Crippen molar-refractivity contribution in [3.63, 3.8) is 0 Å². The number of nitrogens with one attached hydrogen (secondary N) is 2. The van der Waals surface area contributed by atoms with Gasteiger partial charge in [0.2, 0.25) is 15.9 Å². The molecule has 0 aliphatic rings. The Bertz CT molecular complexity index is 1180. The quantitative estimate of drug-likeness (QED) is 0.531. The number of hydrogen-bond acceptors (Lipinski definition) is 7. The second kappa shape index (κ2) is 9.41. The fourth-order valence-electron chi connectivity index (χ4n) is 2.75. The fraction of sp³-hybridized carbons (Fsp3) is 0.200. The van der Waals surface area contributed by atoms with E-state index in [1.165, 1.54) is 25.5 Å². The summed E-state index contributed by atoms with van der Waals surface area (Å²) in [6.07, 6.45) is 0. The molecule has 1 amide bonds. The number of carbonyl (C=O) groups is 1. The van der Waals surface area contributed by atoms with E-state index in [2.05, 4.69) is 15.6 Å². The van der Waals surface area contributed by atoms with Crippen LogP contribution >= 0.6 is 11.3 Å². The third-order valence-corrected chi connectivity index (χ3v) is 7.05. The van der Waals surface area contributed by atoms with E-state index in [0.29, 0.717) is 11.4 Å². The number of aromatic nitrogens is 1. The molecule has 0 aliphatic heterocycles.